The molecule has 0 saturated carbocycles. The van der Waals surface area contributed by atoms with Gasteiger partial charge in [0.2, 0.25) is 0 Å². The third kappa shape index (κ3) is 11.6. The summed E-state index contributed by atoms with van der Waals surface area (Å²) in [7, 11) is 3.40. The molecule has 58 heavy (non-hydrogen) atoms. The predicted octanol–water partition coefficient (Wildman–Crippen LogP) is 12.1. The van der Waals surface area contributed by atoms with Gasteiger partial charge in [0.15, 0.2) is 0 Å². The smallest absolute Gasteiger partial charge is 0.258 e. The molecule has 2 aliphatic carbocycles. The van der Waals surface area contributed by atoms with Crippen LogP contribution < -0.4 is 20.5 Å². The number of nitrogens with one attached hydrogen (secondary N) is 1. The minimum atomic E-state index is -0.523. The third-order valence-electron chi connectivity index (χ3n) is 9.45. The summed E-state index contributed by atoms with van der Waals surface area (Å²) in [5.74, 6) is 2.51. The Bertz CT molecular complexity index is 2340. The minimum absolute atomic E-state index is 0.194. The van der Waals surface area contributed by atoms with Gasteiger partial charge in [-0.25, -0.2) is 9.97 Å². The van der Waals surface area contributed by atoms with Crippen LogP contribution in [0.1, 0.15) is 55.8 Å². The number of nitrogens with two attached hydrogens (primary N) is 1. The zero-order valence-electron chi connectivity index (χ0n) is 31.8. The summed E-state index contributed by atoms with van der Waals surface area (Å²) in [4.78, 5) is 31.4. The van der Waals surface area contributed by atoms with E-state index in [0.29, 0.717) is 32.8 Å². The maximum Gasteiger partial charge on any atom is 0.258 e. The number of nitrogens with zero attached hydrogens (tertiary/aromatic N) is 2. The van der Waals surface area contributed by atoms with Crippen molar-refractivity contribution >= 4 is 80.8 Å². The number of aryl methyl sites for hydroxylation is 4. The Morgan fingerprint density at radius 3 is 1.50 bits per heavy atom. The molecule has 0 fully saturated rings. The van der Waals surface area contributed by atoms with E-state index < -0.39 is 5.24 Å². The molecule has 0 radical (unpaired) electrons. The summed E-state index contributed by atoms with van der Waals surface area (Å²) in [6.07, 6.45) is 10.5. The molecule has 4 aromatic carbocycles. The molecule has 2 heterocycles. The van der Waals surface area contributed by atoms with E-state index in [4.69, 9.17) is 73.2 Å². The van der Waals surface area contributed by atoms with Gasteiger partial charge >= 0.3 is 0 Å². The maximum atomic E-state index is 12.4. The Labute approximate surface area is 363 Å². The number of ether oxygens (including phenoxy) is 2. The van der Waals surface area contributed by atoms with E-state index in [1.807, 2.05) is 18.2 Å². The zero-order chi connectivity index (χ0) is 41.6. The number of alkyl halides is 2. The highest BCUT2D eigenvalue weighted by Gasteiger charge is 2.18. The van der Waals surface area contributed by atoms with Crippen molar-refractivity contribution in [2.24, 2.45) is 0 Å². The number of carbonyl (C=O) groups excluding carboxylic acids is 2. The van der Waals surface area contributed by atoms with Crippen LogP contribution in [0.25, 0.3) is 22.3 Å². The third-order valence-corrected chi connectivity index (χ3v) is 10.3. The summed E-state index contributed by atoms with van der Waals surface area (Å²) in [6, 6.07) is 29.8. The number of hydrogen-bond donors (Lipinski definition) is 2. The van der Waals surface area contributed by atoms with Gasteiger partial charge in [-0.2, -0.15) is 0 Å². The average Bonchev–Trinajstić information content (AvgIpc) is 3.90. The molecule has 3 N–H and O–H groups in total. The number of anilines is 2. The molecular formula is C45H41Cl5N4O4. The van der Waals surface area contributed by atoms with Gasteiger partial charge in [-0.05, 0) is 145 Å². The molecule has 0 atom stereocenters. The van der Waals surface area contributed by atoms with Crippen molar-refractivity contribution in [1.29, 1.82) is 0 Å². The van der Waals surface area contributed by atoms with E-state index in [1.165, 1.54) is 35.1 Å². The van der Waals surface area contributed by atoms with Crippen LogP contribution in [0.5, 0.6) is 11.5 Å². The molecule has 6 aromatic rings. The lowest BCUT2D eigenvalue weighted by Gasteiger charge is -2.12. The Balaban J connectivity index is 0.000000177. The molecule has 0 bridgehead atoms. The van der Waals surface area contributed by atoms with Crippen molar-refractivity contribution in [1.82, 2.24) is 9.97 Å². The lowest BCUT2D eigenvalue weighted by atomic mass is 10.0. The number of methoxy groups -OCH3 is 2. The maximum absolute atomic E-state index is 12.4. The number of carbonyl (C=O) groups is 2. The number of hydrogen-bond acceptors (Lipinski definition) is 7. The van der Waals surface area contributed by atoms with Crippen molar-refractivity contribution < 1.29 is 19.1 Å². The quantitative estimate of drug-likeness (QED) is 0.121. The van der Waals surface area contributed by atoms with Crippen molar-refractivity contribution in [3.05, 3.63) is 153 Å². The van der Waals surface area contributed by atoms with Crippen LogP contribution in [0.2, 0.25) is 10.0 Å². The number of rotatable bonds is 7. The Kier molecular flexibility index (Phi) is 16.6. The normalized spacial score (nSPS) is 11.9. The highest BCUT2D eigenvalue weighted by Crippen LogP contribution is 2.37. The molecule has 0 unspecified atom stereocenters. The monoisotopic (exact) mass is 876 g/mol. The number of nitrogen functional groups attached to an aromatic ring is 1. The molecule has 1 amide bonds. The fraction of sp³-hybridized carbons (Fsp3) is 0.200. The van der Waals surface area contributed by atoms with Crippen LogP contribution in [0.3, 0.4) is 0 Å². The first-order valence-corrected chi connectivity index (χ1v) is 20.5. The number of benzene rings is 4. The van der Waals surface area contributed by atoms with Gasteiger partial charge in [-0.15, -0.1) is 23.2 Å². The van der Waals surface area contributed by atoms with E-state index in [0.717, 1.165) is 59.4 Å². The van der Waals surface area contributed by atoms with Crippen molar-refractivity contribution in [3.63, 3.8) is 0 Å². The number of aromatic nitrogens is 2. The van der Waals surface area contributed by atoms with E-state index in [2.05, 4.69) is 39.6 Å². The largest absolute Gasteiger partial charge is 0.496 e. The molecule has 0 spiro atoms. The first-order valence-electron chi connectivity index (χ1n) is 18.3. The molecular weight excluding hydrogens is 838 g/mol. The topological polar surface area (TPSA) is 116 Å². The Hall–Kier alpha value is -4.83. The van der Waals surface area contributed by atoms with Crippen LogP contribution in [-0.2, 0) is 25.7 Å². The van der Waals surface area contributed by atoms with Crippen LogP contribution >= 0.6 is 58.0 Å². The molecule has 8 rings (SSSR count). The molecule has 8 nitrogen and oxygen atoms in total. The Morgan fingerprint density at radius 1 is 0.655 bits per heavy atom. The number of pyridine rings is 2. The SMILES string of the molecule is COc1cc2c(cc1-c1ccc(N)nc1)CCC2.COc1cc2c(cc1-c1ccc(NC(=O)c3ccccc3Cl)nc1)CCC2.ClCCl.O=C(Cl)c1ccccc1Cl. The second kappa shape index (κ2) is 21.8. The van der Waals surface area contributed by atoms with Gasteiger partial charge in [-0.1, -0.05) is 47.5 Å². The summed E-state index contributed by atoms with van der Waals surface area (Å²) in [5.41, 5.74) is 16.1. The number of amides is 1. The number of fused-ring (bicyclic) bond motifs is 2. The van der Waals surface area contributed by atoms with Gasteiger partial charge in [0.25, 0.3) is 11.1 Å². The highest BCUT2D eigenvalue weighted by atomic mass is 35.5. The van der Waals surface area contributed by atoms with Gasteiger partial charge in [0, 0.05) is 34.6 Å². The van der Waals surface area contributed by atoms with Gasteiger partial charge in [0.1, 0.15) is 23.1 Å². The van der Waals surface area contributed by atoms with E-state index >= 15 is 0 Å². The van der Waals surface area contributed by atoms with Crippen LogP contribution in [0.4, 0.5) is 11.6 Å². The fourth-order valence-corrected chi connectivity index (χ4v) is 7.29. The summed E-state index contributed by atoms with van der Waals surface area (Å²) >= 11 is 26.4. The first-order chi connectivity index (χ1) is 28.1. The van der Waals surface area contributed by atoms with Crippen molar-refractivity contribution in [2.75, 3.05) is 30.6 Å². The second-order valence-electron chi connectivity index (χ2n) is 13.0. The zero-order valence-corrected chi connectivity index (χ0v) is 35.6. The number of halogens is 5. The van der Waals surface area contributed by atoms with E-state index in [-0.39, 0.29) is 11.2 Å². The van der Waals surface area contributed by atoms with Crippen molar-refractivity contribution in [3.8, 4) is 33.8 Å². The summed E-state index contributed by atoms with van der Waals surface area (Å²) in [6.45, 7) is 0. The predicted molar refractivity (Wildman–Crippen MR) is 239 cm³/mol. The van der Waals surface area contributed by atoms with Gasteiger partial charge in [0.05, 0.1) is 40.7 Å². The van der Waals surface area contributed by atoms with Crippen molar-refractivity contribution in [2.45, 2.75) is 38.5 Å². The van der Waals surface area contributed by atoms with E-state index in [1.54, 1.807) is 81.2 Å². The summed E-state index contributed by atoms with van der Waals surface area (Å²) in [5, 5.41) is 3.26. The first kappa shape index (κ1) is 44.3. The van der Waals surface area contributed by atoms with Crippen LogP contribution in [-0.4, -0.2) is 40.7 Å². The average molecular weight is 879 g/mol. The standard InChI is InChI=1S/C22H19ClN2O2.C15H16N2O.C7H4Cl2O.CH2Cl2/c1-27-20-12-15-6-4-5-14(15)11-18(20)16-9-10-21(24-13-16)25-22(26)17-7-2-3-8-19(17)23;1-18-14-8-11-4-2-3-10(11)7-13(14)12-5-6-15(16)17-9-12;8-6-4-2-1-3-5(6)7(9)10;2-1-3/h2-3,7-13H,4-6H2,1H3,(H,24,25,26);5-9H,2-4H2,1H3,(H2,16,17);1-4H;1H2. The van der Waals surface area contributed by atoms with Crippen LogP contribution in [0, 0.1) is 0 Å². The fourth-order valence-electron chi connectivity index (χ4n) is 6.63. The van der Waals surface area contributed by atoms with Crippen LogP contribution in [0.15, 0.2) is 109 Å². The van der Waals surface area contributed by atoms with Gasteiger partial charge in [-0.3, -0.25) is 9.59 Å². The lowest BCUT2D eigenvalue weighted by molar-refractivity contribution is 0.102. The molecule has 0 aliphatic heterocycles. The minimum Gasteiger partial charge on any atom is -0.496 e. The molecule has 300 valence electrons. The molecule has 13 heteroatoms. The molecule has 2 aliphatic rings. The lowest BCUT2D eigenvalue weighted by Crippen LogP contribution is -2.13. The molecule has 0 saturated heterocycles. The second-order valence-corrected chi connectivity index (χ2v) is 15.0. The van der Waals surface area contributed by atoms with E-state index in [9.17, 15) is 9.59 Å². The Morgan fingerprint density at radius 2 is 1.10 bits per heavy atom. The molecule has 2 aromatic heterocycles. The summed E-state index contributed by atoms with van der Waals surface area (Å²) < 4.78 is 11.1. The highest BCUT2D eigenvalue weighted by molar-refractivity contribution is 6.68. The van der Waals surface area contributed by atoms with Gasteiger partial charge < -0.3 is 20.5 Å².